The average molecular weight is 237 g/mol. The number of aliphatic hydroxyl groups is 1. The molecule has 94 valence electrons. The highest BCUT2D eigenvalue weighted by molar-refractivity contribution is 5.92. The summed E-state index contributed by atoms with van der Waals surface area (Å²) in [4.78, 5) is 17.2. The van der Waals surface area contributed by atoms with E-state index < -0.39 is 0 Å². The number of amides is 1. The Labute approximate surface area is 101 Å². The maximum atomic E-state index is 11.7. The maximum absolute atomic E-state index is 11.7. The summed E-state index contributed by atoms with van der Waals surface area (Å²) in [7, 11) is 3.40. The van der Waals surface area contributed by atoms with Gasteiger partial charge in [0.25, 0.3) is 5.91 Å². The number of rotatable bonds is 6. The van der Waals surface area contributed by atoms with Crippen LogP contribution in [0.3, 0.4) is 0 Å². The lowest BCUT2D eigenvalue weighted by Gasteiger charge is -2.11. The molecule has 0 radical (unpaired) electrons. The zero-order chi connectivity index (χ0) is 12.7. The van der Waals surface area contributed by atoms with Crippen LogP contribution in [0.2, 0.25) is 0 Å². The molecule has 0 aliphatic carbocycles. The van der Waals surface area contributed by atoms with Gasteiger partial charge >= 0.3 is 0 Å². The van der Waals surface area contributed by atoms with E-state index in [1.807, 2.05) is 6.07 Å². The van der Waals surface area contributed by atoms with Gasteiger partial charge in [0, 0.05) is 39.1 Å². The van der Waals surface area contributed by atoms with Gasteiger partial charge in [0.2, 0.25) is 0 Å². The molecule has 0 saturated carbocycles. The van der Waals surface area contributed by atoms with Crippen LogP contribution in [-0.2, 0) is 0 Å². The summed E-state index contributed by atoms with van der Waals surface area (Å²) >= 11 is 0. The predicted molar refractivity (Wildman–Crippen MR) is 67.1 cm³/mol. The third-order valence-corrected chi connectivity index (χ3v) is 2.30. The number of unbranched alkanes of at least 4 members (excludes halogenated alkanes) is 1. The fraction of sp³-hybridized carbons (Fsp3) is 0.500. The Bertz CT molecular complexity index is 367. The van der Waals surface area contributed by atoms with Crippen molar-refractivity contribution >= 4 is 11.6 Å². The number of anilines is 1. The molecule has 1 heterocycles. The SMILES string of the molecule is CN(C)C(=O)c1cc(NCCCCO)ccn1. The molecule has 0 atom stereocenters. The molecule has 0 spiro atoms. The van der Waals surface area contributed by atoms with Crippen LogP contribution in [0.25, 0.3) is 0 Å². The molecular weight excluding hydrogens is 218 g/mol. The van der Waals surface area contributed by atoms with Crippen LogP contribution in [-0.4, -0.2) is 48.1 Å². The molecule has 0 unspecified atom stereocenters. The molecule has 5 heteroatoms. The van der Waals surface area contributed by atoms with E-state index in [2.05, 4.69) is 10.3 Å². The van der Waals surface area contributed by atoms with Crippen LogP contribution in [0.1, 0.15) is 23.3 Å². The monoisotopic (exact) mass is 237 g/mol. The summed E-state index contributed by atoms with van der Waals surface area (Å²) in [5.74, 6) is -0.107. The topological polar surface area (TPSA) is 65.5 Å². The van der Waals surface area contributed by atoms with Gasteiger partial charge in [-0.3, -0.25) is 9.78 Å². The minimum absolute atomic E-state index is 0.107. The number of nitrogens with zero attached hydrogens (tertiary/aromatic N) is 2. The number of pyridine rings is 1. The number of hydrogen-bond acceptors (Lipinski definition) is 4. The lowest BCUT2D eigenvalue weighted by molar-refractivity contribution is 0.0822. The highest BCUT2D eigenvalue weighted by Gasteiger charge is 2.09. The van der Waals surface area contributed by atoms with Crippen molar-refractivity contribution in [1.82, 2.24) is 9.88 Å². The van der Waals surface area contributed by atoms with Crippen molar-refractivity contribution in [3.05, 3.63) is 24.0 Å². The zero-order valence-corrected chi connectivity index (χ0v) is 10.3. The third-order valence-electron chi connectivity index (χ3n) is 2.30. The van der Waals surface area contributed by atoms with Crippen molar-refractivity contribution in [3.8, 4) is 0 Å². The molecule has 2 N–H and O–H groups in total. The largest absolute Gasteiger partial charge is 0.396 e. The van der Waals surface area contributed by atoms with Gasteiger partial charge in [-0.2, -0.15) is 0 Å². The second-order valence-corrected chi connectivity index (χ2v) is 3.99. The predicted octanol–water partition coefficient (Wildman–Crippen LogP) is 0.968. The number of nitrogens with one attached hydrogen (secondary N) is 1. The molecule has 0 bridgehead atoms. The Morgan fingerprint density at radius 3 is 2.88 bits per heavy atom. The van der Waals surface area contributed by atoms with Gasteiger partial charge in [0.1, 0.15) is 5.69 Å². The fourth-order valence-corrected chi connectivity index (χ4v) is 1.36. The average Bonchev–Trinajstić information content (AvgIpc) is 2.34. The standard InChI is InChI=1S/C12H19N3O2/c1-15(2)12(17)11-9-10(5-7-14-11)13-6-3-4-8-16/h5,7,9,16H,3-4,6,8H2,1-2H3,(H,13,14). The van der Waals surface area contributed by atoms with Gasteiger partial charge in [-0.1, -0.05) is 0 Å². The molecule has 1 aromatic heterocycles. The highest BCUT2D eigenvalue weighted by atomic mass is 16.2. The Morgan fingerprint density at radius 2 is 2.24 bits per heavy atom. The van der Waals surface area contributed by atoms with E-state index >= 15 is 0 Å². The molecule has 0 aliphatic rings. The number of aliphatic hydroxyl groups excluding tert-OH is 1. The summed E-state index contributed by atoms with van der Waals surface area (Å²) < 4.78 is 0. The first kappa shape index (κ1) is 13.4. The van der Waals surface area contributed by atoms with Gasteiger partial charge in [-0.25, -0.2) is 0 Å². The van der Waals surface area contributed by atoms with Gasteiger partial charge in [0.15, 0.2) is 0 Å². The van der Waals surface area contributed by atoms with E-state index in [1.54, 1.807) is 26.4 Å². The minimum atomic E-state index is -0.107. The van der Waals surface area contributed by atoms with Crippen LogP contribution in [0.5, 0.6) is 0 Å². The van der Waals surface area contributed by atoms with Crippen molar-refractivity contribution in [2.45, 2.75) is 12.8 Å². The van der Waals surface area contributed by atoms with Gasteiger partial charge in [0.05, 0.1) is 0 Å². The highest BCUT2D eigenvalue weighted by Crippen LogP contribution is 2.09. The summed E-state index contributed by atoms with van der Waals surface area (Å²) in [6.07, 6.45) is 3.29. The molecule has 1 amide bonds. The summed E-state index contributed by atoms with van der Waals surface area (Å²) in [5, 5.41) is 11.8. The van der Waals surface area contributed by atoms with Gasteiger partial charge in [-0.05, 0) is 25.0 Å². The Morgan fingerprint density at radius 1 is 1.47 bits per heavy atom. The Kier molecular flexibility index (Phi) is 5.42. The van der Waals surface area contributed by atoms with Gasteiger partial charge < -0.3 is 15.3 Å². The molecular formula is C12H19N3O2. The second kappa shape index (κ2) is 6.85. The smallest absolute Gasteiger partial charge is 0.272 e. The number of hydrogen-bond donors (Lipinski definition) is 2. The lowest BCUT2D eigenvalue weighted by atomic mass is 10.2. The molecule has 0 saturated heterocycles. The van der Waals surface area contributed by atoms with Crippen LogP contribution >= 0.6 is 0 Å². The van der Waals surface area contributed by atoms with E-state index in [-0.39, 0.29) is 12.5 Å². The molecule has 17 heavy (non-hydrogen) atoms. The molecule has 5 nitrogen and oxygen atoms in total. The second-order valence-electron chi connectivity index (χ2n) is 3.99. The zero-order valence-electron chi connectivity index (χ0n) is 10.3. The normalized spacial score (nSPS) is 10.1. The molecule has 1 aromatic rings. The molecule has 0 fully saturated rings. The van der Waals surface area contributed by atoms with Crippen LogP contribution in [0.15, 0.2) is 18.3 Å². The van der Waals surface area contributed by atoms with Crippen LogP contribution in [0.4, 0.5) is 5.69 Å². The number of carbonyl (C=O) groups excluding carboxylic acids is 1. The first-order valence-electron chi connectivity index (χ1n) is 5.67. The maximum Gasteiger partial charge on any atom is 0.272 e. The van der Waals surface area contributed by atoms with E-state index in [4.69, 9.17) is 5.11 Å². The first-order chi connectivity index (χ1) is 8.15. The number of carbonyl (C=O) groups is 1. The quantitative estimate of drug-likeness (QED) is 0.723. The van der Waals surface area contributed by atoms with Crippen molar-refractivity contribution in [3.63, 3.8) is 0 Å². The van der Waals surface area contributed by atoms with Crippen molar-refractivity contribution in [2.75, 3.05) is 32.6 Å². The first-order valence-corrected chi connectivity index (χ1v) is 5.67. The summed E-state index contributed by atoms with van der Waals surface area (Å²) in [6.45, 7) is 0.989. The minimum Gasteiger partial charge on any atom is -0.396 e. The van der Waals surface area contributed by atoms with E-state index in [1.165, 1.54) is 4.90 Å². The van der Waals surface area contributed by atoms with Crippen LogP contribution < -0.4 is 5.32 Å². The fourth-order valence-electron chi connectivity index (χ4n) is 1.36. The van der Waals surface area contributed by atoms with E-state index in [0.29, 0.717) is 5.69 Å². The Hall–Kier alpha value is -1.62. The number of aromatic nitrogens is 1. The van der Waals surface area contributed by atoms with E-state index in [0.717, 1.165) is 25.1 Å². The molecule has 0 aliphatic heterocycles. The van der Waals surface area contributed by atoms with Crippen LogP contribution in [0, 0.1) is 0 Å². The van der Waals surface area contributed by atoms with Crippen molar-refractivity contribution < 1.29 is 9.90 Å². The third kappa shape index (κ3) is 4.40. The van der Waals surface area contributed by atoms with Crippen molar-refractivity contribution in [2.24, 2.45) is 0 Å². The summed E-state index contributed by atoms with van der Waals surface area (Å²) in [5.41, 5.74) is 1.31. The molecule has 1 rings (SSSR count). The summed E-state index contributed by atoms with van der Waals surface area (Å²) in [6, 6.07) is 3.56. The van der Waals surface area contributed by atoms with Gasteiger partial charge in [-0.15, -0.1) is 0 Å². The lowest BCUT2D eigenvalue weighted by Crippen LogP contribution is -2.22. The van der Waals surface area contributed by atoms with Crippen molar-refractivity contribution in [1.29, 1.82) is 0 Å². The molecule has 0 aromatic carbocycles. The Balaban J connectivity index is 2.57. The van der Waals surface area contributed by atoms with E-state index in [9.17, 15) is 4.79 Å².